The average Bonchev–Trinajstić information content (AvgIpc) is 2.72. The SMILES string of the molecule is CCNCc1ccc(N2CCCN(C(C)=O)CC2)cc1C. The Hall–Kier alpha value is -1.55. The first-order chi connectivity index (χ1) is 10.1. The van der Waals surface area contributed by atoms with Crippen LogP contribution in [0.1, 0.15) is 31.4 Å². The van der Waals surface area contributed by atoms with Crippen molar-refractivity contribution in [1.82, 2.24) is 10.2 Å². The van der Waals surface area contributed by atoms with E-state index in [0.717, 1.165) is 45.7 Å². The van der Waals surface area contributed by atoms with Crippen molar-refractivity contribution < 1.29 is 4.79 Å². The van der Waals surface area contributed by atoms with Gasteiger partial charge in [-0.15, -0.1) is 0 Å². The molecule has 2 rings (SSSR count). The Balaban J connectivity index is 2.04. The second-order valence-corrected chi connectivity index (χ2v) is 5.74. The van der Waals surface area contributed by atoms with E-state index in [2.05, 4.69) is 42.3 Å². The number of amides is 1. The van der Waals surface area contributed by atoms with Crippen LogP contribution in [0.25, 0.3) is 0 Å². The smallest absolute Gasteiger partial charge is 0.219 e. The normalized spacial score (nSPS) is 16.0. The molecule has 0 aromatic heterocycles. The van der Waals surface area contributed by atoms with Crippen molar-refractivity contribution >= 4 is 11.6 Å². The number of carbonyl (C=O) groups is 1. The maximum Gasteiger partial charge on any atom is 0.219 e. The number of anilines is 1. The molecule has 1 heterocycles. The summed E-state index contributed by atoms with van der Waals surface area (Å²) < 4.78 is 0. The number of carbonyl (C=O) groups excluding carboxylic acids is 1. The van der Waals surface area contributed by atoms with Crippen LogP contribution in [-0.4, -0.2) is 43.5 Å². The molecule has 0 bridgehead atoms. The molecule has 0 spiro atoms. The van der Waals surface area contributed by atoms with Crippen molar-refractivity contribution in [3.63, 3.8) is 0 Å². The molecule has 1 aromatic carbocycles. The van der Waals surface area contributed by atoms with Crippen molar-refractivity contribution in [3.8, 4) is 0 Å². The Morgan fingerprint density at radius 3 is 2.71 bits per heavy atom. The van der Waals surface area contributed by atoms with Gasteiger partial charge in [0.05, 0.1) is 0 Å². The predicted molar refractivity (Wildman–Crippen MR) is 87.6 cm³/mol. The third-order valence-electron chi connectivity index (χ3n) is 4.20. The number of hydrogen-bond donors (Lipinski definition) is 1. The molecule has 0 unspecified atom stereocenters. The van der Waals surface area contributed by atoms with E-state index in [1.54, 1.807) is 6.92 Å². The van der Waals surface area contributed by atoms with E-state index in [1.807, 2.05) is 4.90 Å². The molecule has 0 radical (unpaired) electrons. The Kier molecular flexibility index (Phi) is 5.62. The van der Waals surface area contributed by atoms with Gasteiger partial charge in [0.15, 0.2) is 0 Å². The molecule has 1 aromatic rings. The summed E-state index contributed by atoms with van der Waals surface area (Å²) in [6, 6.07) is 6.71. The molecular weight excluding hydrogens is 262 g/mol. The zero-order valence-corrected chi connectivity index (χ0v) is 13.5. The second-order valence-electron chi connectivity index (χ2n) is 5.74. The molecule has 4 nitrogen and oxygen atoms in total. The summed E-state index contributed by atoms with van der Waals surface area (Å²) in [5.41, 5.74) is 3.97. The zero-order chi connectivity index (χ0) is 15.2. The van der Waals surface area contributed by atoms with Crippen molar-refractivity contribution in [1.29, 1.82) is 0 Å². The highest BCUT2D eigenvalue weighted by Crippen LogP contribution is 2.21. The molecule has 0 aliphatic carbocycles. The maximum atomic E-state index is 11.5. The summed E-state index contributed by atoms with van der Waals surface area (Å²) in [7, 11) is 0. The lowest BCUT2D eigenvalue weighted by Crippen LogP contribution is -2.33. The van der Waals surface area contributed by atoms with Crippen LogP contribution in [0.2, 0.25) is 0 Å². The largest absolute Gasteiger partial charge is 0.370 e. The molecule has 1 amide bonds. The van der Waals surface area contributed by atoms with Crippen LogP contribution >= 0.6 is 0 Å². The predicted octanol–water partition coefficient (Wildman–Crippen LogP) is 2.16. The monoisotopic (exact) mass is 289 g/mol. The first-order valence-corrected chi connectivity index (χ1v) is 7.92. The van der Waals surface area contributed by atoms with E-state index >= 15 is 0 Å². The number of nitrogens with one attached hydrogen (secondary N) is 1. The Morgan fingerprint density at radius 2 is 2.05 bits per heavy atom. The van der Waals surface area contributed by atoms with E-state index in [-0.39, 0.29) is 5.91 Å². The topological polar surface area (TPSA) is 35.6 Å². The first kappa shape index (κ1) is 15.8. The minimum Gasteiger partial charge on any atom is -0.370 e. The van der Waals surface area contributed by atoms with E-state index < -0.39 is 0 Å². The average molecular weight is 289 g/mol. The summed E-state index contributed by atoms with van der Waals surface area (Å²) >= 11 is 0. The quantitative estimate of drug-likeness (QED) is 0.922. The lowest BCUT2D eigenvalue weighted by atomic mass is 10.1. The number of benzene rings is 1. The van der Waals surface area contributed by atoms with Crippen molar-refractivity contribution in [2.45, 2.75) is 33.7 Å². The van der Waals surface area contributed by atoms with Crippen LogP contribution in [0.3, 0.4) is 0 Å². The van der Waals surface area contributed by atoms with Gasteiger partial charge in [-0.1, -0.05) is 13.0 Å². The maximum absolute atomic E-state index is 11.5. The molecule has 116 valence electrons. The molecule has 4 heteroatoms. The highest BCUT2D eigenvalue weighted by molar-refractivity contribution is 5.73. The highest BCUT2D eigenvalue weighted by atomic mass is 16.2. The van der Waals surface area contributed by atoms with Crippen LogP contribution in [0.15, 0.2) is 18.2 Å². The van der Waals surface area contributed by atoms with Gasteiger partial charge in [-0.2, -0.15) is 0 Å². The van der Waals surface area contributed by atoms with Gasteiger partial charge in [-0.05, 0) is 43.1 Å². The molecule has 1 saturated heterocycles. The van der Waals surface area contributed by atoms with Gasteiger partial charge < -0.3 is 15.1 Å². The van der Waals surface area contributed by atoms with Gasteiger partial charge in [0.25, 0.3) is 0 Å². The first-order valence-electron chi connectivity index (χ1n) is 7.92. The Morgan fingerprint density at radius 1 is 1.24 bits per heavy atom. The molecular formula is C17H27N3O. The van der Waals surface area contributed by atoms with Gasteiger partial charge in [-0.25, -0.2) is 0 Å². The lowest BCUT2D eigenvalue weighted by Gasteiger charge is -2.24. The summed E-state index contributed by atoms with van der Waals surface area (Å²) in [4.78, 5) is 15.8. The summed E-state index contributed by atoms with van der Waals surface area (Å²) in [6.07, 6.45) is 1.04. The fourth-order valence-corrected chi connectivity index (χ4v) is 2.83. The van der Waals surface area contributed by atoms with Crippen LogP contribution in [0.5, 0.6) is 0 Å². The zero-order valence-electron chi connectivity index (χ0n) is 13.5. The lowest BCUT2D eigenvalue weighted by molar-refractivity contribution is -0.128. The number of nitrogens with zero attached hydrogens (tertiary/aromatic N) is 2. The minimum atomic E-state index is 0.189. The van der Waals surface area contributed by atoms with Crippen molar-refractivity contribution in [2.24, 2.45) is 0 Å². The molecule has 1 N–H and O–H groups in total. The molecule has 0 saturated carbocycles. The van der Waals surface area contributed by atoms with Gasteiger partial charge in [-0.3, -0.25) is 4.79 Å². The Labute approximate surface area is 128 Å². The van der Waals surface area contributed by atoms with Crippen LogP contribution in [-0.2, 0) is 11.3 Å². The van der Waals surface area contributed by atoms with Gasteiger partial charge >= 0.3 is 0 Å². The van der Waals surface area contributed by atoms with E-state index in [4.69, 9.17) is 0 Å². The van der Waals surface area contributed by atoms with Gasteiger partial charge in [0.1, 0.15) is 0 Å². The van der Waals surface area contributed by atoms with Crippen molar-refractivity contribution in [2.75, 3.05) is 37.6 Å². The number of rotatable bonds is 4. The van der Waals surface area contributed by atoms with E-state index in [9.17, 15) is 4.79 Å². The standard InChI is InChI=1S/C17H27N3O/c1-4-18-13-16-6-7-17(12-14(16)2)20-9-5-8-19(10-11-20)15(3)21/h6-7,12,18H,4-5,8-11,13H2,1-3H3. The number of aryl methyl sites for hydroxylation is 1. The Bertz CT molecular complexity index is 487. The van der Waals surface area contributed by atoms with Crippen LogP contribution in [0, 0.1) is 6.92 Å². The summed E-state index contributed by atoms with van der Waals surface area (Å²) in [5, 5.41) is 3.37. The molecule has 1 aliphatic rings. The van der Waals surface area contributed by atoms with E-state index in [1.165, 1.54) is 16.8 Å². The van der Waals surface area contributed by atoms with Gasteiger partial charge in [0, 0.05) is 45.3 Å². The third-order valence-corrected chi connectivity index (χ3v) is 4.20. The summed E-state index contributed by atoms with van der Waals surface area (Å²) in [6.45, 7) is 11.5. The molecule has 1 fully saturated rings. The summed E-state index contributed by atoms with van der Waals surface area (Å²) in [5.74, 6) is 0.189. The molecule has 21 heavy (non-hydrogen) atoms. The molecule has 0 atom stereocenters. The van der Waals surface area contributed by atoms with E-state index in [0.29, 0.717) is 0 Å². The van der Waals surface area contributed by atoms with Crippen molar-refractivity contribution in [3.05, 3.63) is 29.3 Å². The van der Waals surface area contributed by atoms with Gasteiger partial charge in [0.2, 0.25) is 5.91 Å². The minimum absolute atomic E-state index is 0.189. The second kappa shape index (κ2) is 7.46. The molecule has 1 aliphatic heterocycles. The number of hydrogen-bond acceptors (Lipinski definition) is 3. The van der Waals surface area contributed by atoms with Crippen LogP contribution in [0.4, 0.5) is 5.69 Å². The fraction of sp³-hybridized carbons (Fsp3) is 0.588. The highest BCUT2D eigenvalue weighted by Gasteiger charge is 2.17. The van der Waals surface area contributed by atoms with Crippen LogP contribution < -0.4 is 10.2 Å². The third kappa shape index (κ3) is 4.21. The fourth-order valence-electron chi connectivity index (χ4n) is 2.83.